The molecule has 0 atom stereocenters. The second kappa shape index (κ2) is 5.31. The Labute approximate surface area is 114 Å². The van der Waals surface area contributed by atoms with Gasteiger partial charge in [0.2, 0.25) is 0 Å². The van der Waals surface area contributed by atoms with Gasteiger partial charge in [-0.3, -0.25) is 0 Å². The second-order valence-corrected chi connectivity index (χ2v) is 4.95. The van der Waals surface area contributed by atoms with E-state index < -0.39 is 0 Å². The molecule has 19 heavy (non-hydrogen) atoms. The van der Waals surface area contributed by atoms with Crippen LogP contribution in [0, 0.1) is 6.92 Å². The predicted molar refractivity (Wildman–Crippen MR) is 81.2 cm³/mol. The van der Waals surface area contributed by atoms with E-state index in [-0.39, 0.29) is 0 Å². The van der Waals surface area contributed by atoms with E-state index in [0.717, 1.165) is 19.3 Å². The highest BCUT2D eigenvalue weighted by Gasteiger charge is 2.03. The summed E-state index contributed by atoms with van der Waals surface area (Å²) in [5, 5.41) is 1.28. The number of fused-ring (bicyclic) bond motifs is 1. The third kappa shape index (κ3) is 2.55. The van der Waals surface area contributed by atoms with Crippen molar-refractivity contribution >= 4 is 10.9 Å². The van der Waals surface area contributed by atoms with Crippen LogP contribution in [0.3, 0.4) is 0 Å². The van der Waals surface area contributed by atoms with Crippen molar-refractivity contribution in [3.8, 4) is 0 Å². The van der Waals surface area contributed by atoms with Crippen molar-refractivity contribution in [3.63, 3.8) is 0 Å². The molecule has 0 bridgehead atoms. The molecule has 2 aromatic carbocycles. The highest BCUT2D eigenvalue weighted by molar-refractivity contribution is 5.80. The Kier molecular flexibility index (Phi) is 3.37. The van der Waals surface area contributed by atoms with Gasteiger partial charge in [-0.05, 0) is 59.5 Å². The van der Waals surface area contributed by atoms with Crippen LogP contribution >= 0.6 is 0 Å². The van der Waals surface area contributed by atoms with Crippen LogP contribution in [0.4, 0.5) is 0 Å². The third-order valence-corrected chi connectivity index (χ3v) is 3.58. The normalized spacial score (nSPS) is 11.0. The van der Waals surface area contributed by atoms with Crippen LogP contribution in [-0.4, -0.2) is 4.98 Å². The minimum absolute atomic E-state index is 0.952. The summed E-state index contributed by atoms with van der Waals surface area (Å²) in [5.74, 6) is 0. The van der Waals surface area contributed by atoms with E-state index in [1.165, 1.54) is 27.6 Å². The molecule has 0 aliphatic rings. The standard InChI is InChI=1S/C18H18N/c1-2-5-15-6-3-4-7-16(15)12-14-8-9-18-17(13-14)10-11-19-18/h3-4,6-11,13,19H,1-2,5,12H2. The summed E-state index contributed by atoms with van der Waals surface area (Å²) in [5.41, 5.74) is 5.41. The Balaban J connectivity index is 1.91. The number of benzene rings is 2. The zero-order valence-corrected chi connectivity index (χ0v) is 11.0. The largest absolute Gasteiger partial charge is 0.361 e. The van der Waals surface area contributed by atoms with E-state index in [9.17, 15) is 0 Å². The number of aromatic amines is 1. The van der Waals surface area contributed by atoms with Gasteiger partial charge < -0.3 is 4.98 Å². The molecule has 3 rings (SSSR count). The Bertz CT molecular complexity index is 679. The molecule has 0 spiro atoms. The van der Waals surface area contributed by atoms with Crippen LogP contribution in [-0.2, 0) is 12.8 Å². The van der Waals surface area contributed by atoms with Crippen molar-refractivity contribution in [1.82, 2.24) is 4.98 Å². The summed E-state index contributed by atoms with van der Waals surface area (Å²) in [4.78, 5) is 3.23. The monoisotopic (exact) mass is 248 g/mol. The van der Waals surface area contributed by atoms with E-state index in [0.29, 0.717) is 0 Å². The van der Waals surface area contributed by atoms with Crippen LogP contribution in [0.1, 0.15) is 23.1 Å². The average Bonchev–Trinajstić information content (AvgIpc) is 2.89. The maximum Gasteiger partial charge on any atom is 0.0454 e. The van der Waals surface area contributed by atoms with Crippen molar-refractivity contribution in [2.45, 2.75) is 19.3 Å². The summed E-state index contributed by atoms with van der Waals surface area (Å²) >= 11 is 0. The number of hydrogen-bond acceptors (Lipinski definition) is 0. The predicted octanol–water partition coefficient (Wildman–Crippen LogP) is 4.53. The summed E-state index contributed by atoms with van der Waals surface area (Å²) in [6, 6.07) is 17.4. The lowest BCUT2D eigenvalue weighted by atomic mass is 9.97. The highest BCUT2D eigenvalue weighted by atomic mass is 14.7. The first kappa shape index (κ1) is 12.0. The van der Waals surface area contributed by atoms with E-state index in [1.54, 1.807) is 0 Å². The minimum Gasteiger partial charge on any atom is -0.361 e. The van der Waals surface area contributed by atoms with Crippen LogP contribution in [0.5, 0.6) is 0 Å². The van der Waals surface area contributed by atoms with Gasteiger partial charge in [0, 0.05) is 11.7 Å². The summed E-state index contributed by atoms with van der Waals surface area (Å²) in [6.07, 6.45) is 5.00. The molecule has 95 valence electrons. The van der Waals surface area contributed by atoms with Crippen molar-refractivity contribution in [3.05, 3.63) is 78.3 Å². The number of hydrogen-bond donors (Lipinski definition) is 1. The van der Waals surface area contributed by atoms with E-state index in [1.807, 2.05) is 6.20 Å². The lowest BCUT2D eigenvalue weighted by molar-refractivity contribution is 0.968. The molecule has 0 aliphatic carbocycles. The molecule has 0 saturated heterocycles. The molecule has 0 saturated carbocycles. The number of aromatic nitrogens is 1. The molecule has 0 amide bonds. The SMILES string of the molecule is [CH2]CCc1ccccc1Cc1ccc2[nH]ccc2c1. The third-order valence-electron chi connectivity index (χ3n) is 3.58. The summed E-state index contributed by atoms with van der Waals surface area (Å²) in [7, 11) is 0. The summed E-state index contributed by atoms with van der Waals surface area (Å²) in [6.45, 7) is 3.96. The smallest absolute Gasteiger partial charge is 0.0454 e. The van der Waals surface area contributed by atoms with Gasteiger partial charge >= 0.3 is 0 Å². The summed E-state index contributed by atoms with van der Waals surface area (Å²) < 4.78 is 0. The van der Waals surface area contributed by atoms with Crippen LogP contribution in [0.2, 0.25) is 0 Å². The zero-order valence-electron chi connectivity index (χ0n) is 11.0. The van der Waals surface area contributed by atoms with Gasteiger partial charge in [0.15, 0.2) is 0 Å². The number of nitrogens with one attached hydrogen (secondary N) is 1. The Morgan fingerprint density at radius 2 is 1.79 bits per heavy atom. The van der Waals surface area contributed by atoms with Crippen molar-refractivity contribution in [2.24, 2.45) is 0 Å². The molecule has 1 N–H and O–H groups in total. The lowest BCUT2D eigenvalue weighted by Crippen LogP contribution is -1.95. The first-order chi connectivity index (χ1) is 9.36. The van der Waals surface area contributed by atoms with E-state index in [2.05, 4.69) is 60.4 Å². The topological polar surface area (TPSA) is 15.8 Å². The Morgan fingerprint density at radius 1 is 0.947 bits per heavy atom. The van der Waals surface area contributed by atoms with Crippen LogP contribution < -0.4 is 0 Å². The fourth-order valence-corrected chi connectivity index (χ4v) is 2.60. The molecular weight excluding hydrogens is 230 g/mol. The van der Waals surface area contributed by atoms with E-state index >= 15 is 0 Å². The van der Waals surface area contributed by atoms with Gasteiger partial charge in [-0.25, -0.2) is 0 Å². The molecular formula is C18H18N. The first-order valence-electron chi connectivity index (χ1n) is 6.79. The quantitative estimate of drug-likeness (QED) is 0.698. The lowest BCUT2D eigenvalue weighted by Gasteiger charge is -2.09. The van der Waals surface area contributed by atoms with Crippen LogP contribution in [0.25, 0.3) is 10.9 Å². The molecule has 1 nitrogen and oxygen atoms in total. The van der Waals surface area contributed by atoms with Crippen molar-refractivity contribution in [1.29, 1.82) is 0 Å². The Hall–Kier alpha value is -2.02. The van der Waals surface area contributed by atoms with Gasteiger partial charge in [0.1, 0.15) is 0 Å². The van der Waals surface area contributed by atoms with Crippen LogP contribution in [0.15, 0.2) is 54.7 Å². The molecule has 1 aromatic heterocycles. The number of aryl methyl sites for hydroxylation is 1. The molecule has 1 heterocycles. The van der Waals surface area contributed by atoms with Gasteiger partial charge in [0.25, 0.3) is 0 Å². The Morgan fingerprint density at radius 3 is 2.63 bits per heavy atom. The van der Waals surface area contributed by atoms with Gasteiger partial charge in [-0.15, -0.1) is 0 Å². The van der Waals surface area contributed by atoms with Gasteiger partial charge in [-0.2, -0.15) is 0 Å². The maximum absolute atomic E-state index is 3.96. The minimum atomic E-state index is 0.952. The van der Waals surface area contributed by atoms with E-state index in [4.69, 9.17) is 0 Å². The molecule has 0 aliphatic heterocycles. The number of H-pyrrole nitrogens is 1. The van der Waals surface area contributed by atoms with Gasteiger partial charge in [0.05, 0.1) is 0 Å². The fraction of sp³-hybridized carbons (Fsp3) is 0.167. The van der Waals surface area contributed by atoms with Crippen molar-refractivity contribution in [2.75, 3.05) is 0 Å². The average molecular weight is 248 g/mol. The molecule has 3 aromatic rings. The highest BCUT2D eigenvalue weighted by Crippen LogP contribution is 2.19. The molecule has 1 radical (unpaired) electrons. The first-order valence-corrected chi connectivity index (χ1v) is 6.79. The second-order valence-electron chi connectivity index (χ2n) is 4.95. The molecule has 0 fully saturated rings. The fourth-order valence-electron chi connectivity index (χ4n) is 2.60. The zero-order chi connectivity index (χ0) is 13.1. The number of rotatable bonds is 4. The van der Waals surface area contributed by atoms with Crippen molar-refractivity contribution < 1.29 is 0 Å². The molecule has 1 heteroatoms. The van der Waals surface area contributed by atoms with Gasteiger partial charge in [-0.1, -0.05) is 37.3 Å². The maximum atomic E-state index is 3.96. The molecule has 0 unspecified atom stereocenters.